The molecule has 3 rings (SSSR count). The van der Waals surface area contributed by atoms with Crippen molar-refractivity contribution < 1.29 is 14.4 Å². The van der Waals surface area contributed by atoms with E-state index in [1.165, 1.54) is 25.7 Å². The molecule has 1 aliphatic heterocycles. The van der Waals surface area contributed by atoms with E-state index >= 15 is 0 Å². The van der Waals surface area contributed by atoms with Gasteiger partial charge in [-0.2, -0.15) is 0 Å². The zero-order valence-corrected chi connectivity index (χ0v) is 18.3. The van der Waals surface area contributed by atoms with Crippen molar-refractivity contribution in [3.8, 4) is 0 Å². The van der Waals surface area contributed by atoms with E-state index in [0.717, 1.165) is 37.8 Å². The molecule has 1 aliphatic carbocycles. The van der Waals surface area contributed by atoms with Gasteiger partial charge in [0.1, 0.15) is 0 Å². The lowest BCUT2D eigenvalue weighted by Crippen LogP contribution is -2.42. The third-order valence-corrected chi connectivity index (χ3v) is 6.46. The summed E-state index contributed by atoms with van der Waals surface area (Å²) >= 11 is 0. The Morgan fingerprint density at radius 1 is 1.00 bits per heavy atom. The number of piperidine rings is 1. The van der Waals surface area contributed by atoms with Crippen molar-refractivity contribution in [2.75, 3.05) is 18.4 Å². The summed E-state index contributed by atoms with van der Waals surface area (Å²) in [4.78, 5) is 39.1. The molecular formula is C24H35N3O3. The molecule has 1 saturated heterocycles. The van der Waals surface area contributed by atoms with Crippen LogP contribution < -0.4 is 10.6 Å². The molecule has 1 saturated carbocycles. The molecule has 1 heterocycles. The lowest BCUT2D eigenvalue weighted by molar-refractivity contribution is -0.125. The van der Waals surface area contributed by atoms with Gasteiger partial charge in [0.25, 0.3) is 5.91 Å². The molecule has 0 radical (unpaired) electrons. The Labute approximate surface area is 179 Å². The predicted octanol–water partition coefficient (Wildman–Crippen LogP) is 4.03. The first-order chi connectivity index (χ1) is 14.4. The number of benzene rings is 1. The summed E-state index contributed by atoms with van der Waals surface area (Å²) < 4.78 is 0. The highest BCUT2D eigenvalue weighted by molar-refractivity contribution is 5.98. The Morgan fingerprint density at radius 3 is 2.43 bits per heavy atom. The summed E-state index contributed by atoms with van der Waals surface area (Å²) in [6, 6.07) is 5.65. The number of nitrogens with zero attached hydrogens (tertiary/aromatic N) is 1. The second-order valence-corrected chi connectivity index (χ2v) is 8.91. The molecule has 0 aromatic heterocycles. The van der Waals surface area contributed by atoms with Crippen molar-refractivity contribution in [3.05, 3.63) is 29.3 Å². The number of nitrogens with one attached hydrogen (secondary N) is 2. The van der Waals surface area contributed by atoms with E-state index in [9.17, 15) is 14.4 Å². The zero-order valence-electron chi connectivity index (χ0n) is 18.3. The van der Waals surface area contributed by atoms with Gasteiger partial charge in [0.05, 0.1) is 6.54 Å². The van der Waals surface area contributed by atoms with Crippen LogP contribution in [0.2, 0.25) is 0 Å². The second-order valence-electron chi connectivity index (χ2n) is 8.91. The fourth-order valence-corrected chi connectivity index (χ4v) is 4.60. The Balaban J connectivity index is 1.49. The van der Waals surface area contributed by atoms with Crippen LogP contribution in [0.4, 0.5) is 5.69 Å². The Morgan fingerprint density at radius 2 is 1.73 bits per heavy atom. The molecule has 2 N–H and O–H groups in total. The van der Waals surface area contributed by atoms with Crippen LogP contribution in [0, 0.1) is 12.8 Å². The van der Waals surface area contributed by atoms with Crippen LogP contribution in [0.5, 0.6) is 0 Å². The van der Waals surface area contributed by atoms with Gasteiger partial charge in [-0.15, -0.1) is 0 Å². The number of likely N-dealkylation sites (tertiary alicyclic amines) is 1. The van der Waals surface area contributed by atoms with E-state index in [2.05, 4.69) is 17.6 Å². The number of amides is 3. The van der Waals surface area contributed by atoms with E-state index < -0.39 is 0 Å². The molecule has 164 valence electrons. The maximum absolute atomic E-state index is 12.8. The van der Waals surface area contributed by atoms with Gasteiger partial charge in [-0.05, 0) is 75.6 Å². The van der Waals surface area contributed by atoms with Crippen LogP contribution in [0.3, 0.4) is 0 Å². The third-order valence-electron chi connectivity index (χ3n) is 6.46. The van der Waals surface area contributed by atoms with Crippen molar-refractivity contribution >= 4 is 23.4 Å². The fraction of sp³-hybridized carbons (Fsp3) is 0.625. The number of aryl methyl sites for hydroxylation is 1. The molecule has 6 heteroatoms. The Bertz CT molecular complexity index is 771. The highest BCUT2D eigenvalue weighted by atomic mass is 16.2. The predicted molar refractivity (Wildman–Crippen MR) is 118 cm³/mol. The van der Waals surface area contributed by atoms with E-state index in [0.29, 0.717) is 23.6 Å². The van der Waals surface area contributed by atoms with Crippen molar-refractivity contribution in [1.82, 2.24) is 10.2 Å². The largest absolute Gasteiger partial charge is 0.347 e. The number of rotatable bonds is 6. The van der Waals surface area contributed by atoms with Gasteiger partial charge in [0.15, 0.2) is 0 Å². The molecule has 30 heavy (non-hydrogen) atoms. The molecule has 0 spiro atoms. The SMILES string of the molecule is Cc1cc(C(=O)N2CCCCC2C)ccc1NC(=O)CNC(=O)CC1CCCCC1. The van der Waals surface area contributed by atoms with Gasteiger partial charge in [0.2, 0.25) is 11.8 Å². The highest BCUT2D eigenvalue weighted by Crippen LogP contribution is 2.26. The Hall–Kier alpha value is -2.37. The molecule has 1 aromatic carbocycles. The molecule has 3 amide bonds. The topological polar surface area (TPSA) is 78.5 Å². The van der Waals surface area contributed by atoms with Gasteiger partial charge in [-0.1, -0.05) is 19.3 Å². The van der Waals surface area contributed by atoms with Gasteiger partial charge in [0, 0.05) is 30.3 Å². The van der Waals surface area contributed by atoms with Crippen LogP contribution in [-0.2, 0) is 9.59 Å². The minimum Gasteiger partial charge on any atom is -0.347 e. The van der Waals surface area contributed by atoms with Crippen LogP contribution >= 0.6 is 0 Å². The smallest absolute Gasteiger partial charge is 0.254 e. The molecule has 2 aliphatic rings. The summed E-state index contributed by atoms with van der Waals surface area (Å²) in [6.45, 7) is 4.75. The zero-order chi connectivity index (χ0) is 21.5. The molecule has 0 bridgehead atoms. The number of hydrogen-bond donors (Lipinski definition) is 2. The monoisotopic (exact) mass is 413 g/mol. The standard InChI is InChI=1S/C24H35N3O3/c1-17-14-20(24(30)27-13-7-6-8-18(27)2)11-12-21(17)26-23(29)16-25-22(28)15-19-9-4-3-5-10-19/h11-12,14,18-19H,3-10,13,15-16H2,1-2H3,(H,25,28)(H,26,29). The average molecular weight is 414 g/mol. The normalized spacial score (nSPS) is 19.9. The first-order valence-corrected chi connectivity index (χ1v) is 11.4. The summed E-state index contributed by atoms with van der Waals surface area (Å²) in [5.41, 5.74) is 2.16. The first-order valence-electron chi connectivity index (χ1n) is 11.4. The summed E-state index contributed by atoms with van der Waals surface area (Å²) in [7, 11) is 0. The summed E-state index contributed by atoms with van der Waals surface area (Å²) in [6.07, 6.45) is 9.67. The van der Waals surface area contributed by atoms with Crippen molar-refractivity contribution in [2.24, 2.45) is 5.92 Å². The van der Waals surface area contributed by atoms with E-state index in [1.807, 2.05) is 17.9 Å². The van der Waals surface area contributed by atoms with Gasteiger partial charge in [-0.3, -0.25) is 14.4 Å². The minimum atomic E-state index is -0.251. The van der Waals surface area contributed by atoms with E-state index in [4.69, 9.17) is 0 Å². The maximum atomic E-state index is 12.8. The van der Waals surface area contributed by atoms with Crippen molar-refractivity contribution in [3.63, 3.8) is 0 Å². The molecule has 6 nitrogen and oxygen atoms in total. The molecule has 1 unspecified atom stereocenters. The fourth-order valence-electron chi connectivity index (χ4n) is 4.60. The van der Waals surface area contributed by atoms with Gasteiger partial charge >= 0.3 is 0 Å². The quantitative estimate of drug-likeness (QED) is 0.739. The van der Waals surface area contributed by atoms with Crippen molar-refractivity contribution in [2.45, 2.75) is 77.7 Å². The lowest BCUT2D eigenvalue weighted by atomic mass is 9.87. The number of anilines is 1. The van der Waals surface area contributed by atoms with Gasteiger partial charge in [-0.25, -0.2) is 0 Å². The lowest BCUT2D eigenvalue weighted by Gasteiger charge is -2.33. The molecular weight excluding hydrogens is 378 g/mol. The van der Waals surface area contributed by atoms with Crippen LogP contribution in [0.1, 0.15) is 80.6 Å². The highest BCUT2D eigenvalue weighted by Gasteiger charge is 2.24. The van der Waals surface area contributed by atoms with Crippen LogP contribution in [0.25, 0.3) is 0 Å². The number of carbonyl (C=O) groups excluding carboxylic acids is 3. The van der Waals surface area contributed by atoms with Crippen molar-refractivity contribution in [1.29, 1.82) is 0 Å². The average Bonchev–Trinajstić information content (AvgIpc) is 2.74. The third kappa shape index (κ3) is 6.07. The van der Waals surface area contributed by atoms with Crippen LogP contribution in [-0.4, -0.2) is 41.8 Å². The maximum Gasteiger partial charge on any atom is 0.254 e. The van der Waals surface area contributed by atoms with Crippen LogP contribution in [0.15, 0.2) is 18.2 Å². The summed E-state index contributed by atoms with van der Waals surface area (Å²) in [5, 5.41) is 5.58. The molecule has 2 fully saturated rings. The molecule has 1 atom stereocenters. The first kappa shape index (κ1) is 22.3. The number of carbonyl (C=O) groups is 3. The summed E-state index contributed by atoms with van der Waals surface area (Å²) in [5.74, 6) is 0.208. The minimum absolute atomic E-state index is 0.0308. The second kappa shape index (κ2) is 10.6. The van der Waals surface area contributed by atoms with E-state index in [-0.39, 0.29) is 30.3 Å². The van der Waals surface area contributed by atoms with E-state index in [1.54, 1.807) is 12.1 Å². The van der Waals surface area contributed by atoms with Gasteiger partial charge < -0.3 is 15.5 Å². The number of hydrogen-bond acceptors (Lipinski definition) is 3. The Kier molecular flexibility index (Phi) is 7.88. The molecule has 1 aromatic rings.